The number of methoxy groups -OCH3 is 1. The Morgan fingerprint density at radius 2 is 1.90 bits per heavy atom. The summed E-state index contributed by atoms with van der Waals surface area (Å²) in [6.07, 6.45) is 3.92. The van der Waals surface area contributed by atoms with E-state index >= 15 is 0 Å². The summed E-state index contributed by atoms with van der Waals surface area (Å²) >= 11 is 0. The molecule has 0 spiro atoms. The van der Waals surface area contributed by atoms with E-state index in [1.807, 2.05) is 36.5 Å². The van der Waals surface area contributed by atoms with Crippen molar-refractivity contribution in [3.63, 3.8) is 0 Å². The van der Waals surface area contributed by atoms with E-state index in [-0.39, 0.29) is 0 Å². The molecule has 0 saturated heterocycles. The van der Waals surface area contributed by atoms with Crippen LogP contribution in [0.1, 0.15) is 19.7 Å². The summed E-state index contributed by atoms with van der Waals surface area (Å²) in [5.41, 5.74) is 0.898. The average molecular weight is 273 g/mol. The molecular formula is C14H19N5O. The predicted octanol–water partition coefficient (Wildman–Crippen LogP) is 1.98. The van der Waals surface area contributed by atoms with Crippen LogP contribution in [0.3, 0.4) is 0 Å². The molecule has 0 N–H and O–H groups in total. The largest absolute Gasteiger partial charge is 0.497 e. The molecule has 0 radical (unpaired) electrons. The Balaban J connectivity index is 2.23. The zero-order valence-electron chi connectivity index (χ0n) is 12.0. The monoisotopic (exact) mass is 273 g/mol. The number of rotatable bonds is 6. The lowest BCUT2D eigenvalue weighted by atomic mass is 10.3. The van der Waals surface area contributed by atoms with Crippen LogP contribution in [0, 0.1) is 0 Å². The highest BCUT2D eigenvalue weighted by molar-refractivity contribution is 5.45. The molecule has 6 nitrogen and oxygen atoms in total. The molecule has 1 aromatic carbocycles. The summed E-state index contributed by atoms with van der Waals surface area (Å²) in [5.74, 6) is 1.50. The molecule has 0 amide bonds. The van der Waals surface area contributed by atoms with Crippen LogP contribution < -0.4 is 4.74 Å². The van der Waals surface area contributed by atoms with Crippen molar-refractivity contribution < 1.29 is 4.74 Å². The molecule has 0 unspecified atom stereocenters. The van der Waals surface area contributed by atoms with Gasteiger partial charge in [-0.3, -0.25) is 0 Å². The van der Waals surface area contributed by atoms with Gasteiger partial charge in [0.2, 0.25) is 0 Å². The van der Waals surface area contributed by atoms with E-state index in [1.165, 1.54) is 0 Å². The van der Waals surface area contributed by atoms with Crippen LogP contribution in [0.2, 0.25) is 0 Å². The Morgan fingerprint density at radius 3 is 2.50 bits per heavy atom. The van der Waals surface area contributed by atoms with Crippen molar-refractivity contribution in [1.29, 1.82) is 0 Å². The first kappa shape index (κ1) is 14.0. The molecule has 2 rings (SSSR count). The normalized spacial score (nSPS) is 10.9. The highest BCUT2D eigenvalue weighted by Crippen LogP contribution is 2.15. The van der Waals surface area contributed by atoms with Crippen molar-refractivity contribution in [2.75, 3.05) is 20.2 Å². The lowest BCUT2D eigenvalue weighted by Crippen LogP contribution is -2.15. The van der Waals surface area contributed by atoms with Gasteiger partial charge in [0, 0.05) is 25.4 Å². The zero-order chi connectivity index (χ0) is 14.4. The van der Waals surface area contributed by atoms with Crippen LogP contribution in [0.5, 0.6) is 5.75 Å². The second-order valence-corrected chi connectivity index (χ2v) is 4.18. The number of hydrogen-bond donors (Lipinski definition) is 0. The maximum Gasteiger partial charge on any atom is 0.181 e. The van der Waals surface area contributed by atoms with Gasteiger partial charge < -0.3 is 9.64 Å². The van der Waals surface area contributed by atoms with Gasteiger partial charge in [0.1, 0.15) is 5.75 Å². The van der Waals surface area contributed by atoms with E-state index in [4.69, 9.17) is 4.74 Å². The fraction of sp³-hybridized carbons (Fsp3) is 0.357. The van der Waals surface area contributed by atoms with Crippen LogP contribution >= 0.6 is 0 Å². The fourth-order valence-electron chi connectivity index (χ4n) is 1.81. The van der Waals surface area contributed by atoms with Crippen LogP contribution in [0.15, 0.2) is 30.5 Å². The number of tetrazole rings is 1. The Bertz CT molecular complexity index is 557. The molecular weight excluding hydrogens is 254 g/mol. The second kappa shape index (κ2) is 6.70. The highest BCUT2D eigenvalue weighted by Gasteiger charge is 2.05. The lowest BCUT2D eigenvalue weighted by molar-refractivity contribution is 0.414. The SMILES string of the molecule is CCN(C=Cc1nnnn1-c1ccc(OC)cc1)CC. The number of ether oxygens (including phenoxy) is 1. The van der Waals surface area contributed by atoms with Gasteiger partial charge in [-0.15, -0.1) is 5.10 Å². The third-order valence-corrected chi connectivity index (χ3v) is 3.06. The number of nitrogens with zero attached hydrogens (tertiary/aromatic N) is 5. The maximum absolute atomic E-state index is 5.14. The lowest BCUT2D eigenvalue weighted by Gasteiger charge is -2.14. The number of aromatic nitrogens is 4. The summed E-state index contributed by atoms with van der Waals surface area (Å²) in [7, 11) is 1.64. The Hall–Kier alpha value is -2.37. The van der Waals surface area contributed by atoms with E-state index < -0.39 is 0 Å². The minimum absolute atomic E-state index is 0.696. The molecule has 0 bridgehead atoms. The molecule has 0 saturated carbocycles. The van der Waals surface area contributed by atoms with Gasteiger partial charge in [-0.25, -0.2) is 0 Å². The third-order valence-electron chi connectivity index (χ3n) is 3.06. The molecule has 1 aromatic heterocycles. The molecule has 2 aromatic rings. The van der Waals surface area contributed by atoms with E-state index in [2.05, 4.69) is 34.3 Å². The van der Waals surface area contributed by atoms with Crippen LogP contribution in [-0.2, 0) is 0 Å². The quantitative estimate of drug-likeness (QED) is 0.805. The first-order valence-electron chi connectivity index (χ1n) is 6.63. The van der Waals surface area contributed by atoms with Crippen LogP contribution in [0.25, 0.3) is 11.8 Å². The first-order chi connectivity index (χ1) is 9.78. The maximum atomic E-state index is 5.14. The van der Waals surface area contributed by atoms with E-state index in [0.29, 0.717) is 5.82 Å². The molecule has 0 aliphatic rings. The summed E-state index contributed by atoms with van der Waals surface area (Å²) < 4.78 is 6.84. The molecule has 0 fully saturated rings. The first-order valence-corrected chi connectivity index (χ1v) is 6.63. The van der Waals surface area contributed by atoms with Gasteiger partial charge in [-0.2, -0.15) is 4.68 Å². The summed E-state index contributed by atoms with van der Waals surface area (Å²) in [5, 5.41) is 11.8. The van der Waals surface area contributed by atoms with Crippen LogP contribution in [-0.4, -0.2) is 45.3 Å². The van der Waals surface area contributed by atoms with Crippen molar-refractivity contribution in [3.8, 4) is 11.4 Å². The Labute approximate surface area is 118 Å². The van der Waals surface area contributed by atoms with Gasteiger partial charge in [0.25, 0.3) is 0 Å². The fourth-order valence-corrected chi connectivity index (χ4v) is 1.81. The predicted molar refractivity (Wildman–Crippen MR) is 77.7 cm³/mol. The van der Waals surface area contributed by atoms with Gasteiger partial charge in [0.15, 0.2) is 5.82 Å². The standard InChI is InChI=1S/C14H19N5O/c1-4-18(5-2)11-10-14-15-16-17-19(14)12-6-8-13(20-3)9-7-12/h6-11H,4-5H2,1-3H3. The second-order valence-electron chi connectivity index (χ2n) is 4.18. The van der Waals surface area contributed by atoms with Gasteiger partial charge in [-0.1, -0.05) is 0 Å². The molecule has 0 atom stereocenters. The van der Waals surface area contributed by atoms with Crippen molar-refractivity contribution in [3.05, 3.63) is 36.3 Å². The van der Waals surface area contributed by atoms with Gasteiger partial charge in [0.05, 0.1) is 12.8 Å². The molecule has 106 valence electrons. The minimum atomic E-state index is 0.696. The molecule has 1 heterocycles. The highest BCUT2D eigenvalue weighted by atomic mass is 16.5. The summed E-state index contributed by atoms with van der Waals surface area (Å²) in [6.45, 7) is 6.13. The molecule has 6 heteroatoms. The van der Waals surface area contributed by atoms with E-state index in [1.54, 1.807) is 11.8 Å². The van der Waals surface area contributed by atoms with E-state index in [9.17, 15) is 0 Å². The van der Waals surface area contributed by atoms with Crippen LogP contribution in [0.4, 0.5) is 0 Å². The summed E-state index contributed by atoms with van der Waals surface area (Å²) in [6, 6.07) is 7.61. The van der Waals surface area contributed by atoms with Crippen molar-refractivity contribution in [2.24, 2.45) is 0 Å². The van der Waals surface area contributed by atoms with Gasteiger partial charge in [-0.05, 0) is 48.5 Å². The van der Waals surface area contributed by atoms with E-state index in [0.717, 1.165) is 24.5 Å². The van der Waals surface area contributed by atoms with Crippen molar-refractivity contribution >= 4 is 6.08 Å². The topological polar surface area (TPSA) is 56.1 Å². The summed E-state index contributed by atoms with van der Waals surface area (Å²) in [4.78, 5) is 2.17. The van der Waals surface area contributed by atoms with Gasteiger partial charge >= 0.3 is 0 Å². The molecule has 0 aliphatic carbocycles. The number of hydrogen-bond acceptors (Lipinski definition) is 5. The van der Waals surface area contributed by atoms with Crippen molar-refractivity contribution in [2.45, 2.75) is 13.8 Å². The Morgan fingerprint density at radius 1 is 1.20 bits per heavy atom. The third kappa shape index (κ3) is 3.14. The molecule has 0 aliphatic heterocycles. The van der Waals surface area contributed by atoms with Crippen molar-refractivity contribution in [1.82, 2.24) is 25.1 Å². The number of benzene rings is 1. The Kier molecular flexibility index (Phi) is 4.70. The smallest absolute Gasteiger partial charge is 0.181 e. The minimum Gasteiger partial charge on any atom is -0.497 e. The average Bonchev–Trinajstić information content (AvgIpc) is 2.97. The zero-order valence-corrected chi connectivity index (χ0v) is 12.0. The molecule has 20 heavy (non-hydrogen) atoms.